The number of halogens is 3. The van der Waals surface area contributed by atoms with Crippen LogP contribution in [0.25, 0.3) is 0 Å². The number of hydrogen-bond acceptors (Lipinski definition) is 4. The largest absolute Gasteiger partial charge is 0.405 e. The number of amides is 1. The standard InChI is InChI=1S/C38H59F3N2O3/c1-12-15-32(3,4)18-20-35(9,16-14-30(45)43-25-38(39,40)41)21-19-33(5,6)37(11)17-13-28-34(7,8)31(46)27(24-42)23-36(28,10)29(37)22-26(2)44/h22-23,28H,12-21,25H2,1-11H3,(H,43,45)/b29-22-/t28-,35-,36-,37+/m0/s1. The number of hydrogen-bond donors (Lipinski definition) is 1. The molecule has 0 aromatic carbocycles. The van der Waals surface area contributed by atoms with E-state index in [1.54, 1.807) is 13.0 Å². The summed E-state index contributed by atoms with van der Waals surface area (Å²) in [5.41, 5.74) is -1.26. The summed E-state index contributed by atoms with van der Waals surface area (Å²) in [5.74, 6) is -0.882. The molecule has 0 unspecified atom stereocenters. The van der Waals surface area contributed by atoms with E-state index in [0.717, 1.165) is 56.9 Å². The maximum atomic E-state index is 13.3. The molecule has 1 saturated carbocycles. The summed E-state index contributed by atoms with van der Waals surface area (Å²) in [5, 5.41) is 12.0. The minimum atomic E-state index is -4.45. The number of nitriles is 1. The molecule has 0 aliphatic heterocycles. The first kappa shape index (κ1) is 39.7. The molecule has 4 atom stereocenters. The summed E-state index contributed by atoms with van der Waals surface area (Å²) in [7, 11) is 0. The molecule has 5 nitrogen and oxygen atoms in total. The number of allylic oxidation sites excluding steroid dienone is 4. The van der Waals surface area contributed by atoms with Gasteiger partial charge in [-0.05, 0) is 91.9 Å². The molecule has 2 aliphatic rings. The van der Waals surface area contributed by atoms with Crippen molar-refractivity contribution in [3.63, 3.8) is 0 Å². The monoisotopic (exact) mass is 648 g/mol. The molecule has 1 amide bonds. The lowest BCUT2D eigenvalue weighted by molar-refractivity contribution is -0.138. The first-order valence-electron chi connectivity index (χ1n) is 17.0. The van der Waals surface area contributed by atoms with E-state index in [2.05, 4.69) is 61.5 Å². The summed E-state index contributed by atoms with van der Waals surface area (Å²) >= 11 is 0. The van der Waals surface area contributed by atoms with Gasteiger partial charge in [0.1, 0.15) is 12.6 Å². The molecule has 1 N–H and O–H groups in total. The average molecular weight is 649 g/mol. The van der Waals surface area contributed by atoms with Crippen molar-refractivity contribution in [1.29, 1.82) is 5.26 Å². The molecule has 0 aromatic rings. The minimum absolute atomic E-state index is 0.0264. The Labute approximate surface area is 276 Å². The third-order valence-electron chi connectivity index (χ3n) is 12.1. The molecule has 260 valence electrons. The van der Waals surface area contributed by atoms with Gasteiger partial charge in [-0.2, -0.15) is 18.4 Å². The van der Waals surface area contributed by atoms with Crippen molar-refractivity contribution in [2.75, 3.05) is 6.54 Å². The molecule has 46 heavy (non-hydrogen) atoms. The molecular formula is C38H59F3N2O3. The number of alkyl halides is 3. The number of nitrogens with zero attached hydrogens (tertiary/aromatic N) is 1. The van der Waals surface area contributed by atoms with Crippen LogP contribution in [0.3, 0.4) is 0 Å². The number of nitrogens with one attached hydrogen (secondary N) is 1. The molecule has 8 heteroatoms. The second kappa shape index (κ2) is 14.0. The molecule has 0 aromatic heterocycles. The molecule has 0 radical (unpaired) electrons. The SMILES string of the molecule is CCCC(C)(C)CC[C@](C)(CCC(=O)NCC(F)(F)F)CCC(C)(C)[C@]1(C)CC[C@H]2C(C)(C)C(=O)C(C#N)=C[C@]2(C)/C1=C/C(C)=O. The Morgan fingerprint density at radius 1 is 1.00 bits per heavy atom. The Kier molecular flexibility index (Phi) is 12.1. The lowest BCUT2D eigenvalue weighted by atomic mass is 9.42. The van der Waals surface area contributed by atoms with Crippen molar-refractivity contribution < 1.29 is 27.6 Å². The zero-order valence-electron chi connectivity index (χ0n) is 30.3. The van der Waals surface area contributed by atoms with Crippen LogP contribution in [0.15, 0.2) is 23.3 Å². The first-order valence-corrected chi connectivity index (χ1v) is 17.0. The highest BCUT2D eigenvalue weighted by atomic mass is 19.4. The Morgan fingerprint density at radius 2 is 1.59 bits per heavy atom. The van der Waals surface area contributed by atoms with Crippen molar-refractivity contribution in [3.05, 3.63) is 23.3 Å². The average Bonchev–Trinajstić information content (AvgIpc) is 2.92. The third-order valence-corrected chi connectivity index (χ3v) is 12.1. The van der Waals surface area contributed by atoms with Gasteiger partial charge in [-0.1, -0.05) is 87.3 Å². The van der Waals surface area contributed by atoms with Gasteiger partial charge in [0.2, 0.25) is 5.91 Å². The van der Waals surface area contributed by atoms with Crippen molar-refractivity contribution >= 4 is 17.5 Å². The zero-order valence-corrected chi connectivity index (χ0v) is 30.3. The van der Waals surface area contributed by atoms with Crippen LogP contribution in [-0.2, 0) is 14.4 Å². The number of carbonyl (C=O) groups is 3. The van der Waals surface area contributed by atoms with E-state index in [4.69, 9.17) is 0 Å². The van der Waals surface area contributed by atoms with Gasteiger partial charge in [0, 0.05) is 17.3 Å². The van der Waals surface area contributed by atoms with E-state index in [1.165, 1.54) is 0 Å². The second-order valence-corrected chi connectivity index (χ2v) is 17.1. The third kappa shape index (κ3) is 8.92. The fraction of sp³-hybridized carbons (Fsp3) is 0.789. The van der Waals surface area contributed by atoms with E-state index in [1.807, 2.05) is 25.2 Å². The lowest BCUT2D eigenvalue weighted by Crippen LogP contribution is -2.55. The van der Waals surface area contributed by atoms with Crippen molar-refractivity contribution in [2.45, 2.75) is 147 Å². The van der Waals surface area contributed by atoms with Gasteiger partial charge in [0.05, 0.1) is 5.57 Å². The Balaban J connectivity index is 2.47. The van der Waals surface area contributed by atoms with Crippen LogP contribution in [0.1, 0.15) is 140 Å². The van der Waals surface area contributed by atoms with Gasteiger partial charge < -0.3 is 5.32 Å². The van der Waals surface area contributed by atoms with Crippen molar-refractivity contribution in [1.82, 2.24) is 5.32 Å². The molecule has 2 aliphatic carbocycles. The fourth-order valence-electron chi connectivity index (χ4n) is 8.52. The quantitative estimate of drug-likeness (QED) is 0.190. The predicted octanol–water partition coefficient (Wildman–Crippen LogP) is 9.86. The highest BCUT2D eigenvalue weighted by molar-refractivity contribution is 6.04. The number of rotatable bonds is 14. The molecule has 0 heterocycles. The minimum Gasteiger partial charge on any atom is -0.347 e. The topological polar surface area (TPSA) is 87.0 Å². The van der Waals surface area contributed by atoms with Crippen LogP contribution in [0.2, 0.25) is 0 Å². The van der Waals surface area contributed by atoms with Gasteiger partial charge in [-0.25, -0.2) is 0 Å². The molecule has 0 saturated heterocycles. The molecule has 2 rings (SSSR count). The van der Waals surface area contributed by atoms with E-state index in [0.29, 0.717) is 6.42 Å². The Hall–Kier alpha value is -2.43. The van der Waals surface area contributed by atoms with E-state index in [-0.39, 0.29) is 45.7 Å². The zero-order chi connectivity index (χ0) is 35.6. The van der Waals surface area contributed by atoms with Gasteiger partial charge in [-0.3, -0.25) is 14.4 Å². The van der Waals surface area contributed by atoms with Gasteiger partial charge in [0.25, 0.3) is 0 Å². The molecule has 0 spiro atoms. The van der Waals surface area contributed by atoms with Crippen molar-refractivity contribution in [2.24, 2.45) is 38.4 Å². The molecule has 0 bridgehead atoms. The van der Waals surface area contributed by atoms with Crippen LogP contribution >= 0.6 is 0 Å². The van der Waals surface area contributed by atoms with E-state index >= 15 is 0 Å². The van der Waals surface area contributed by atoms with Gasteiger partial charge in [0.15, 0.2) is 11.6 Å². The lowest BCUT2D eigenvalue weighted by Gasteiger charge is -2.61. The number of ketones is 2. The van der Waals surface area contributed by atoms with Crippen molar-refractivity contribution in [3.8, 4) is 6.07 Å². The summed E-state index contributed by atoms with van der Waals surface area (Å²) < 4.78 is 38.2. The van der Waals surface area contributed by atoms with Crippen LogP contribution in [0.5, 0.6) is 0 Å². The van der Waals surface area contributed by atoms with Gasteiger partial charge >= 0.3 is 6.18 Å². The maximum Gasteiger partial charge on any atom is 0.405 e. The Morgan fingerprint density at radius 3 is 2.11 bits per heavy atom. The summed E-state index contributed by atoms with van der Waals surface area (Å²) in [6, 6.07) is 2.13. The summed E-state index contributed by atoms with van der Waals surface area (Å²) in [4.78, 5) is 38.6. The second-order valence-electron chi connectivity index (χ2n) is 17.1. The number of carbonyl (C=O) groups excluding carboxylic acids is 3. The van der Waals surface area contributed by atoms with Crippen LogP contribution in [0, 0.1) is 49.7 Å². The van der Waals surface area contributed by atoms with E-state index in [9.17, 15) is 32.8 Å². The number of fused-ring (bicyclic) bond motifs is 1. The predicted molar refractivity (Wildman–Crippen MR) is 178 cm³/mol. The van der Waals surface area contributed by atoms with E-state index < -0.39 is 34.9 Å². The van der Waals surface area contributed by atoms with Crippen LogP contribution in [-0.4, -0.2) is 30.2 Å². The highest BCUT2D eigenvalue weighted by Crippen LogP contribution is 2.67. The normalized spacial score (nSPS) is 27.3. The van der Waals surface area contributed by atoms with Crippen LogP contribution < -0.4 is 5.32 Å². The molecular weight excluding hydrogens is 589 g/mol. The summed E-state index contributed by atoms with van der Waals surface area (Å²) in [6.07, 6.45) is 6.59. The Bertz CT molecular complexity index is 1270. The first-order chi connectivity index (χ1) is 20.8. The fourth-order valence-corrected chi connectivity index (χ4v) is 8.52. The summed E-state index contributed by atoms with van der Waals surface area (Å²) in [6.45, 7) is 21.6. The van der Waals surface area contributed by atoms with Gasteiger partial charge in [-0.15, -0.1) is 0 Å². The highest BCUT2D eigenvalue weighted by Gasteiger charge is 2.61. The smallest absolute Gasteiger partial charge is 0.347 e. The molecule has 1 fully saturated rings. The maximum absolute atomic E-state index is 13.3. The van der Waals surface area contributed by atoms with Crippen LogP contribution in [0.4, 0.5) is 13.2 Å². The number of Topliss-reactive ketones (excluding diaryl/α,β-unsaturated/α-hetero) is 1.